The maximum absolute atomic E-state index is 6.14. The molecule has 0 bridgehead atoms. The summed E-state index contributed by atoms with van der Waals surface area (Å²) in [7, 11) is 0. The van der Waals surface area contributed by atoms with E-state index in [4.69, 9.17) is 17.4 Å². The number of hydrogen-bond acceptors (Lipinski definition) is 4. The van der Waals surface area contributed by atoms with Crippen molar-refractivity contribution in [3.05, 3.63) is 40.7 Å². The number of aryl methyl sites for hydroxylation is 1. The van der Waals surface area contributed by atoms with Crippen molar-refractivity contribution in [3.8, 4) is 0 Å². The Kier molecular flexibility index (Phi) is 3.59. The molecule has 0 aliphatic carbocycles. The van der Waals surface area contributed by atoms with Gasteiger partial charge < -0.3 is 5.84 Å². The van der Waals surface area contributed by atoms with Crippen LogP contribution >= 0.6 is 23.4 Å². The van der Waals surface area contributed by atoms with Crippen LogP contribution in [0.5, 0.6) is 0 Å². The van der Waals surface area contributed by atoms with Crippen molar-refractivity contribution in [1.29, 1.82) is 0 Å². The average molecular weight is 269 g/mol. The molecule has 1 heterocycles. The van der Waals surface area contributed by atoms with Gasteiger partial charge in [-0.25, -0.2) is 4.68 Å². The van der Waals surface area contributed by atoms with Crippen LogP contribution in [0.1, 0.15) is 23.6 Å². The molecule has 2 N–H and O–H groups in total. The van der Waals surface area contributed by atoms with Gasteiger partial charge in [0.25, 0.3) is 0 Å². The van der Waals surface area contributed by atoms with E-state index in [1.165, 1.54) is 16.4 Å². The SMILES string of the molecule is Cc1nnc(S[C@H](C)c2ccccc2Cl)n1N. The molecule has 0 saturated heterocycles. The van der Waals surface area contributed by atoms with Gasteiger partial charge in [-0.1, -0.05) is 41.6 Å². The third-order valence-electron chi connectivity index (χ3n) is 2.46. The first-order chi connectivity index (χ1) is 8.09. The van der Waals surface area contributed by atoms with Gasteiger partial charge in [0.05, 0.1) is 0 Å². The van der Waals surface area contributed by atoms with E-state index in [9.17, 15) is 0 Å². The Labute approximate surface area is 109 Å². The highest BCUT2D eigenvalue weighted by Crippen LogP contribution is 2.36. The van der Waals surface area contributed by atoms with Gasteiger partial charge in [0.1, 0.15) is 5.82 Å². The fourth-order valence-corrected chi connectivity index (χ4v) is 2.80. The summed E-state index contributed by atoms with van der Waals surface area (Å²) in [5, 5.41) is 9.56. The molecule has 1 aromatic carbocycles. The topological polar surface area (TPSA) is 56.7 Å². The molecule has 0 aliphatic heterocycles. The van der Waals surface area contributed by atoms with E-state index >= 15 is 0 Å². The zero-order chi connectivity index (χ0) is 12.4. The highest BCUT2D eigenvalue weighted by atomic mass is 35.5. The number of rotatable bonds is 3. The number of hydrogen-bond donors (Lipinski definition) is 1. The zero-order valence-corrected chi connectivity index (χ0v) is 11.2. The molecule has 17 heavy (non-hydrogen) atoms. The molecule has 0 fully saturated rings. The normalized spacial score (nSPS) is 12.6. The molecule has 0 radical (unpaired) electrons. The lowest BCUT2D eigenvalue weighted by Gasteiger charge is -2.12. The number of aromatic nitrogens is 3. The van der Waals surface area contributed by atoms with Crippen molar-refractivity contribution in [2.45, 2.75) is 24.3 Å². The Morgan fingerprint density at radius 2 is 2.06 bits per heavy atom. The fourth-order valence-electron chi connectivity index (χ4n) is 1.46. The minimum Gasteiger partial charge on any atom is -0.336 e. The molecule has 1 aromatic heterocycles. The van der Waals surface area contributed by atoms with Gasteiger partial charge in [0.15, 0.2) is 0 Å². The number of nitrogens with zero attached hydrogens (tertiary/aromatic N) is 3. The van der Waals surface area contributed by atoms with Gasteiger partial charge in [-0.2, -0.15) is 0 Å². The number of halogens is 1. The maximum Gasteiger partial charge on any atom is 0.210 e. The first-order valence-electron chi connectivity index (χ1n) is 5.17. The fraction of sp³-hybridized carbons (Fsp3) is 0.273. The number of nitrogen functional groups attached to an aromatic ring is 1. The van der Waals surface area contributed by atoms with Crippen molar-refractivity contribution in [2.24, 2.45) is 0 Å². The molecule has 4 nitrogen and oxygen atoms in total. The molecular formula is C11H13ClN4S. The molecular weight excluding hydrogens is 256 g/mol. The van der Waals surface area contributed by atoms with Gasteiger partial charge in [-0.15, -0.1) is 10.2 Å². The third-order valence-corrected chi connectivity index (χ3v) is 3.90. The van der Waals surface area contributed by atoms with E-state index < -0.39 is 0 Å². The molecule has 0 spiro atoms. The van der Waals surface area contributed by atoms with Crippen molar-refractivity contribution in [3.63, 3.8) is 0 Å². The van der Waals surface area contributed by atoms with Crippen molar-refractivity contribution >= 4 is 23.4 Å². The Bertz CT molecular complexity index is 526. The molecule has 1 atom stereocenters. The van der Waals surface area contributed by atoms with Crippen LogP contribution in [0, 0.1) is 6.92 Å². The van der Waals surface area contributed by atoms with E-state index in [0.29, 0.717) is 11.0 Å². The molecule has 0 aliphatic rings. The van der Waals surface area contributed by atoms with Crippen LogP contribution in [0.3, 0.4) is 0 Å². The second-order valence-corrected chi connectivity index (χ2v) is 5.40. The van der Waals surface area contributed by atoms with Crippen molar-refractivity contribution in [1.82, 2.24) is 14.9 Å². The quantitative estimate of drug-likeness (QED) is 0.687. The summed E-state index contributed by atoms with van der Waals surface area (Å²) in [4.78, 5) is 0. The number of benzene rings is 1. The van der Waals surface area contributed by atoms with Crippen LogP contribution in [-0.4, -0.2) is 14.9 Å². The number of thioether (sulfide) groups is 1. The summed E-state index contributed by atoms with van der Waals surface area (Å²) < 4.78 is 1.48. The summed E-state index contributed by atoms with van der Waals surface area (Å²) in [6.07, 6.45) is 0. The van der Waals surface area contributed by atoms with Crippen LogP contribution in [0.2, 0.25) is 5.02 Å². The largest absolute Gasteiger partial charge is 0.336 e. The van der Waals surface area contributed by atoms with E-state index in [2.05, 4.69) is 17.1 Å². The minimum absolute atomic E-state index is 0.176. The zero-order valence-electron chi connectivity index (χ0n) is 9.59. The number of nitrogens with two attached hydrogens (primary N) is 1. The molecule has 6 heteroatoms. The highest BCUT2D eigenvalue weighted by Gasteiger charge is 2.15. The molecule has 2 rings (SSSR count). The first kappa shape index (κ1) is 12.3. The van der Waals surface area contributed by atoms with Crippen LogP contribution in [0.4, 0.5) is 0 Å². The van der Waals surface area contributed by atoms with E-state index in [0.717, 1.165) is 10.6 Å². The maximum atomic E-state index is 6.14. The second kappa shape index (κ2) is 4.98. The van der Waals surface area contributed by atoms with E-state index in [-0.39, 0.29) is 5.25 Å². The van der Waals surface area contributed by atoms with Gasteiger partial charge >= 0.3 is 0 Å². The lowest BCUT2D eigenvalue weighted by Crippen LogP contribution is -2.11. The molecule has 0 amide bonds. The Hall–Kier alpha value is -1.20. The van der Waals surface area contributed by atoms with E-state index in [1.807, 2.05) is 31.2 Å². The summed E-state index contributed by atoms with van der Waals surface area (Å²) in [5.74, 6) is 6.50. The lowest BCUT2D eigenvalue weighted by molar-refractivity contribution is 0.821. The van der Waals surface area contributed by atoms with Gasteiger partial charge in [0.2, 0.25) is 5.16 Å². The Morgan fingerprint density at radius 1 is 1.35 bits per heavy atom. The molecule has 0 saturated carbocycles. The lowest BCUT2D eigenvalue weighted by atomic mass is 10.2. The smallest absolute Gasteiger partial charge is 0.210 e. The Morgan fingerprint density at radius 3 is 2.65 bits per heavy atom. The first-order valence-corrected chi connectivity index (χ1v) is 6.43. The minimum atomic E-state index is 0.176. The van der Waals surface area contributed by atoms with Crippen molar-refractivity contribution < 1.29 is 0 Å². The van der Waals surface area contributed by atoms with Gasteiger partial charge in [0, 0.05) is 10.3 Å². The van der Waals surface area contributed by atoms with Gasteiger partial charge in [-0.05, 0) is 25.5 Å². The van der Waals surface area contributed by atoms with Crippen LogP contribution in [0.15, 0.2) is 29.4 Å². The molecule has 2 aromatic rings. The summed E-state index contributed by atoms with van der Waals surface area (Å²) in [6, 6.07) is 7.77. The van der Waals surface area contributed by atoms with Crippen LogP contribution in [-0.2, 0) is 0 Å². The predicted octanol–water partition coefficient (Wildman–Crippen LogP) is 2.81. The van der Waals surface area contributed by atoms with Crippen molar-refractivity contribution in [2.75, 3.05) is 5.84 Å². The molecule has 90 valence electrons. The summed E-state index contributed by atoms with van der Waals surface area (Å²) in [5.41, 5.74) is 1.07. The highest BCUT2D eigenvalue weighted by molar-refractivity contribution is 7.99. The third kappa shape index (κ3) is 2.56. The monoisotopic (exact) mass is 268 g/mol. The Balaban J connectivity index is 2.20. The summed E-state index contributed by atoms with van der Waals surface area (Å²) >= 11 is 7.68. The molecule has 0 unspecified atom stereocenters. The van der Waals surface area contributed by atoms with E-state index in [1.54, 1.807) is 0 Å². The van der Waals surface area contributed by atoms with Gasteiger partial charge in [-0.3, -0.25) is 0 Å². The standard InChI is InChI=1S/C11H13ClN4S/c1-7(9-5-3-4-6-10(9)12)17-11-15-14-8(2)16(11)13/h3-7H,13H2,1-2H3/t7-/m1/s1. The van der Waals surface area contributed by atoms with Crippen LogP contribution in [0.25, 0.3) is 0 Å². The average Bonchev–Trinajstić information content (AvgIpc) is 2.61. The predicted molar refractivity (Wildman–Crippen MR) is 70.6 cm³/mol. The van der Waals surface area contributed by atoms with Crippen LogP contribution < -0.4 is 5.84 Å². The summed E-state index contributed by atoms with van der Waals surface area (Å²) in [6.45, 7) is 3.88. The second-order valence-electron chi connectivity index (χ2n) is 3.68.